The van der Waals surface area contributed by atoms with Crippen LogP contribution in [0.15, 0.2) is 28.9 Å². The van der Waals surface area contributed by atoms with E-state index in [4.69, 9.17) is 19.7 Å². The van der Waals surface area contributed by atoms with Gasteiger partial charge in [-0.2, -0.15) is 0 Å². The van der Waals surface area contributed by atoms with Crippen LogP contribution in [-0.2, 0) is 0 Å². The van der Waals surface area contributed by atoms with Crippen LogP contribution in [0, 0.1) is 0 Å². The predicted octanol–water partition coefficient (Wildman–Crippen LogP) is 2.33. The molecule has 0 fully saturated rings. The maximum absolute atomic E-state index is 5.74. The third kappa shape index (κ3) is 2.18. The Balaban J connectivity index is 2.43. The van der Waals surface area contributed by atoms with Gasteiger partial charge in [0.2, 0.25) is 0 Å². The largest absolute Gasteiger partial charge is 0.493 e. The smallest absolute Gasteiger partial charge is 0.189 e. The highest BCUT2D eigenvalue weighted by molar-refractivity contribution is 5.72. The van der Waals surface area contributed by atoms with Gasteiger partial charge in [-0.05, 0) is 25.1 Å². The zero-order valence-corrected chi connectivity index (χ0v) is 9.77. The number of hydrogen-bond donors (Lipinski definition) is 1. The average Bonchev–Trinajstić information content (AvgIpc) is 2.76. The quantitative estimate of drug-likeness (QED) is 0.879. The van der Waals surface area contributed by atoms with Gasteiger partial charge in [0, 0.05) is 5.56 Å². The van der Waals surface area contributed by atoms with Gasteiger partial charge in [-0.25, -0.2) is 0 Å². The lowest BCUT2D eigenvalue weighted by atomic mass is 10.1. The number of hydrogen-bond acceptors (Lipinski definition) is 5. The number of ether oxygens (including phenoxy) is 2. The molecular formula is C12H14N2O3. The van der Waals surface area contributed by atoms with Crippen LogP contribution < -0.4 is 15.2 Å². The summed E-state index contributed by atoms with van der Waals surface area (Å²) in [5.74, 6) is 1.87. The highest BCUT2D eigenvalue weighted by atomic mass is 16.5. The van der Waals surface area contributed by atoms with Crippen LogP contribution in [0.25, 0.3) is 11.3 Å². The van der Waals surface area contributed by atoms with E-state index >= 15 is 0 Å². The molecule has 0 amide bonds. The maximum atomic E-state index is 5.74. The van der Waals surface area contributed by atoms with E-state index in [1.807, 2.05) is 25.1 Å². The molecule has 1 aromatic carbocycles. The number of rotatable bonds is 4. The van der Waals surface area contributed by atoms with Gasteiger partial charge in [-0.1, -0.05) is 5.16 Å². The zero-order valence-electron chi connectivity index (χ0n) is 9.77. The average molecular weight is 234 g/mol. The number of anilines is 1. The maximum Gasteiger partial charge on any atom is 0.189 e. The number of benzene rings is 1. The molecule has 0 saturated carbocycles. The lowest BCUT2D eigenvalue weighted by molar-refractivity contribution is 0.311. The first-order valence-electron chi connectivity index (χ1n) is 5.27. The van der Waals surface area contributed by atoms with E-state index in [9.17, 15) is 0 Å². The van der Waals surface area contributed by atoms with Crippen LogP contribution in [0.3, 0.4) is 0 Å². The lowest BCUT2D eigenvalue weighted by Crippen LogP contribution is -1.95. The summed E-state index contributed by atoms with van der Waals surface area (Å²) in [7, 11) is 1.60. The minimum atomic E-state index is 0.498. The highest BCUT2D eigenvalue weighted by Gasteiger charge is 2.12. The molecule has 2 rings (SSSR count). The minimum Gasteiger partial charge on any atom is -0.493 e. The molecule has 0 aliphatic carbocycles. The molecule has 2 N–H and O–H groups in total. The van der Waals surface area contributed by atoms with Gasteiger partial charge in [-0.15, -0.1) is 0 Å². The molecule has 0 aliphatic heterocycles. The van der Waals surface area contributed by atoms with E-state index in [0.29, 0.717) is 29.6 Å². The molecule has 0 unspecified atom stereocenters. The number of nitrogens with two attached hydrogens (primary N) is 1. The highest BCUT2D eigenvalue weighted by Crippen LogP contribution is 2.34. The summed E-state index contributed by atoms with van der Waals surface area (Å²) < 4.78 is 15.8. The minimum absolute atomic E-state index is 0.498. The van der Waals surface area contributed by atoms with Crippen molar-refractivity contribution in [2.45, 2.75) is 6.92 Å². The number of nitrogen functional groups attached to an aromatic ring is 1. The van der Waals surface area contributed by atoms with Gasteiger partial charge >= 0.3 is 0 Å². The van der Waals surface area contributed by atoms with Crippen LogP contribution in [0.5, 0.6) is 11.5 Å². The van der Waals surface area contributed by atoms with Crippen molar-refractivity contribution in [2.75, 3.05) is 19.5 Å². The predicted molar refractivity (Wildman–Crippen MR) is 64.1 cm³/mol. The van der Waals surface area contributed by atoms with Crippen LogP contribution in [-0.4, -0.2) is 18.9 Å². The van der Waals surface area contributed by atoms with Gasteiger partial charge in [-0.3, -0.25) is 0 Å². The Hall–Kier alpha value is -2.17. The Bertz CT molecular complexity index is 508. The fraction of sp³-hybridized carbons (Fsp3) is 0.250. The van der Waals surface area contributed by atoms with Gasteiger partial charge in [0.1, 0.15) is 5.69 Å². The molecule has 0 saturated heterocycles. The van der Waals surface area contributed by atoms with Crippen molar-refractivity contribution >= 4 is 5.69 Å². The van der Waals surface area contributed by atoms with E-state index in [2.05, 4.69) is 5.16 Å². The Morgan fingerprint density at radius 1 is 1.35 bits per heavy atom. The van der Waals surface area contributed by atoms with E-state index in [1.54, 1.807) is 7.11 Å². The second-order valence-corrected chi connectivity index (χ2v) is 3.41. The number of nitrogens with zero attached hydrogens (tertiary/aromatic N) is 1. The number of methoxy groups -OCH3 is 1. The molecule has 90 valence electrons. The summed E-state index contributed by atoms with van der Waals surface area (Å²) in [6.07, 6.45) is 1.47. The van der Waals surface area contributed by atoms with Crippen molar-refractivity contribution in [3.8, 4) is 22.8 Å². The monoisotopic (exact) mass is 234 g/mol. The second-order valence-electron chi connectivity index (χ2n) is 3.41. The third-order valence-electron chi connectivity index (χ3n) is 2.32. The van der Waals surface area contributed by atoms with Gasteiger partial charge in [0.15, 0.2) is 17.3 Å². The molecule has 1 heterocycles. The van der Waals surface area contributed by atoms with Crippen LogP contribution in [0.1, 0.15) is 6.92 Å². The number of aromatic nitrogens is 1. The first kappa shape index (κ1) is 11.3. The molecule has 0 aliphatic rings. The fourth-order valence-corrected chi connectivity index (χ4v) is 1.55. The Labute approximate surface area is 99.1 Å². The Morgan fingerprint density at radius 3 is 2.76 bits per heavy atom. The molecule has 0 radical (unpaired) electrons. The van der Waals surface area contributed by atoms with Crippen molar-refractivity contribution < 1.29 is 14.0 Å². The van der Waals surface area contributed by atoms with E-state index < -0.39 is 0 Å². The second kappa shape index (κ2) is 4.78. The summed E-state index contributed by atoms with van der Waals surface area (Å²) in [6.45, 7) is 2.47. The molecule has 5 heteroatoms. The van der Waals surface area contributed by atoms with Crippen molar-refractivity contribution in [3.63, 3.8) is 0 Å². The van der Waals surface area contributed by atoms with Crippen LogP contribution >= 0.6 is 0 Å². The van der Waals surface area contributed by atoms with Crippen molar-refractivity contribution in [2.24, 2.45) is 0 Å². The fourth-order valence-electron chi connectivity index (χ4n) is 1.55. The van der Waals surface area contributed by atoms with Gasteiger partial charge in [0.05, 0.1) is 19.9 Å². The van der Waals surface area contributed by atoms with Crippen molar-refractivity contribution in [1.82, 2.24) is 5.16 Å². The van der Waals surface area contributed by atoms with Gasteiger partial charge < -0.3 is 19.7 Å². The summed E-state index contributed by atoms with van der Waals surface area (Å²) in [6, 6.07) is 5.47. The summed E-state index contributed by atoms with van der Waals surface area (Å²) in [5.41, 5.74) is 7.05. The summed E-state index contributed by atoms with van der Waals surface area (Å²) >= 11 is 0. The van der Waals surface area contributed by atoms with E-state index in [-0.39, 0.29) is 0 Å². The van der Waals surface area contributed by atoms with Crippen LogP contribution in [0.4, 0.5) is 5.69 Å². The summed E-state index contributed by atoms with van der Waals surface area (Å²) in [5, 5.41) is 3.64. The van der Waals surface area contributed by atoms with E-state index in [0.717, 1.165) is 5.56 Å². The molecule has 0 spiro atoms. The molecule has 17 heavy (non-hydrogen) atoms. The van der Waals surface area contributed by atoms with Crippen molar-refractivity contribution in [1.29, 1.82) is 0 Å². The Kier molecular flexibility index (Phi) is 3.18. The third-order valence-corrected chi connectivity index (χ3v) is 2.32. The molecule has 1 aromatic heterocycles. The topological polar surface area (TPSA) is 70.5 Å². The Morgan fingerprint density at radius 2 is 2.18 bits per heavy atom. The van der Waals surface area contributed by atoms with E-state index in [1.165, 1.54) is 6.20 Å². The first-order chi connectivity index (χ1) is 8.26. The molecule has 0 atom stereocenters. The molecule has 0 bridgehead atoms. The summed E-state index contributed by atoms with van der Waals surface area (Å²) in [4.78, 5) is 0. The van der Waals surface area contributed by atoms with Crippen LogP contribution in [0.2, 0.25) is 0 Å². The normalized spacial score (nSPS) is 10.2. The van der Waals surface area contributed by atoms with Crippen molar-refractivity contribution in [3.05, 3.63) is 24.4 Å². The zero-order chi connectivity index (χ0) is 12.3. The lowest BCUT2D eigenvalue weighted by Gasteiger charge is -2.10. The van der Waals surface area contributed by atoms with Gasteiger partial charge in [0.25, 0.3) is 0 Å². The molecular weight excluding hydrogens is 220 g/mol. The molecule has 5 nitrogen and oxygen atoms in total. The first-order valence-corrected chi connectivity index (χ1v) is 5.27. The molecule has 2 aromatic rings. The standard InChI is InChI=1S/C12H14N2O3/c1-3-16-11-6-8(4-5-10(11)15-2)12-9(13)7-14-17-12/h4-7H,3,13H2,1-2H3. The SMILES string of the molecule is CCOc1cc(-c2oncc2N)ccc1OC.